The maximum atomic E-state index is 10.7. The monoisotopic (exact) mass is 340 g/mol. The molecule has 0 aliphatic heterocycles. The van der Waals surface area contributed by atoms with Crippen molar-refractivity contribution >= 4 is 33.4 Å². The van der Waals surface area contributed by atoms with Crippen LogP contribution in [0, 0.1) is 10.1 Å². The van der Waals surface area contributed by atoms with E-state index in [1.54, 1.807) is 12.3 Å². The van der Waals surface area contributed by atoms with E-state index in [-0.39, 0.29) is 12.3 Å². The average Bonchev–Trinajstić information content (AvgIpc) is 2.41. The van der Waals surface area contributed by atoms with Crippen LogP contribution in [0.5, 0.6) is 0 Å². The Hall–Kier alpha value is -1.44. The summed E-state index contributed by atoms with van der Waals surface area (Å²) in [5, 5.41) is 20.7. The van der Waals surface area contributed by atoms with E-state index in [0.717, 1.165) is 14.4 Å². The lowest BCUT2D eigenvalue weighted by atomic mass is 10.2. The number of nitro benzene ring substituents is 1. The predicted molar refractivity (Wildman–Crippen MR) is 75.1 cm³/mol. The molecule has 0 atom stereocenters. The molecule has 1 aromatic heterocycles. The van der Waals surface area contributed by atoms with E-state index in [0.29, 0.717) is 5.56 Å². The van der Waals surface area contributed by atoms with Gasteiger partial charge in [0.15, 0.2) is 0 Å². The van der Waals surface area contributed by atoms with Gasteiger partial charge in [0.05, 0.1) is 11.5 Å². The molecule has 0 saturated heterocycles. The van der Waals surface area contributed by atoms with Gasteiger partial charge in [-0.15, -0.1) is 0 Å². The van der Waals surface area contributed by atoms with E-state index in [1.165, 1.54) is 23.9 Å². The fraction of sp³-hybridized carbons (Fsp3) is 0.0833. The Morgan fingerprint density at radius 2 is 2.16 bits per heavy atom. The highest BCUT2D eigenvalue weighted by Gasteiger charge is 2.11. The molecular weight excluding hydrogens is 332 g/mol. The number of aliphatic hydroxyl groups is 1. The van der Waals surface area contributed by atoms with Crippen molar-refractivity contribution in [2.24, 2.45) is 0 Å². The van der Waals surface area contributed by atoms with E-state index in [2.05, 4.69) is 20.9 Å². The quantitative estimate of drug-likeness (QED) is 0.681. The zero-order chi connectivity index (χ0) is 13.8. The number of aromatic nitrogens is 1. The zero-order valence-electron chi connectivity index (χ0n) is 9.62. The SMILES string of the molecule is O=[N+]([O-])c1ccc(Sc2ccc(Br)cn2)c(CO)c1. The maximum absolute atomic E-state index is 10.7. The van der Waals surface area contributed by atoms with E-state index in [9.17, 15) is 15.2 Å². The Morgan fingerprint density at radius 1 is 1.37 bits per heavy atom. The van der Waals surface area contributed by atoms with Gasteiger partial charge in [0.1, 0.15) is 5.03 Å². The molecule has 2 rings (SSSR count). The fourth-order valence-electron chi connectivity index (χ4n) is 1.44. The number of nitrogens with zero attached hydrogens (tertiary/aromatic N) is 2. The fourth-order valence-corrected chi connectivity index (χ4v) is 2.53. The minimum absolute atomic E-state index is 0.0304. The first-order chi connectivity index (χ1) is 9.10. The van der Waals surface area contributed by atoms with Crippen LogP contribution < -0.4 is 0 Å². The molecule has 5 nitrogen and oxygen atoms in total. The molecule has 1 aromatic carbocycles. The Balaban J connectivity index is 2.29. The van der Waals surface area contributed by atoms with Crippen LogP contribution in [0.25, 0.3) is 0 Å². The molecule has 19 heavy (non-hydrogen) atoms. The van der Waals surface area contributed by atoms with Crippen LogP contribution in [-0.2, 0) is 6.61 Å². The topological polar surface area (TPSA) is 76.3 Å². The number of hydrogen-bond acceptors (Lipinski definition) is 5. The van der Waals surface area contributed by atoms with E-state index >= 15 is 0 Å². The summed E-state index contributed by atoms with van der Waals surface area (Å²) < 4.78 is 0.878. The zero-order valence-corrected chi connectivity index (χ0v) is 12.0. The molecule has 0 amide bonds. The third-order valence-corrected chi connectivity index (χ3v) is 3.88. The summed E-state index contributed by atoms with van der Waals surface area (Å²) >= 11 is 4.65. The molecule has 0 bridgehead atoms. The maximum Gasteiger partial charge on any atom is 0.269 e. The minimum Gasteiger partial charge on any atom is -0.392 e. The largest absolute Gasteiger partial charge is 0.392 e. The smallest absolute Gasteiger partial charge is 0.269 e. The van der Waals surface area contributed by atoms with Gasteiger partial charge in [0, 0.05) is 27.7 Å². The van der Waals surface area contributed by atoms with Crippen LogP contribution in [0.15, 0.2) is 50.9 Å². The molecule has 0 saturated carbocycles. The third kappa shape index (κ3) is 3.52. The second kappa shape index (κ2) is 6.14. The molecule has 2 aromatic rings. The second-order valence-corrected chi connectivity index (χ2v) is 5.60. The molecule has 1 N–H and O–H groups in total. The number of halogens is 1. The van der Waals surface area contributed by atoms with Crippen LogP contribution in [0.2, 0.25) is 0 Å². The standard InChI is InChI=1S/C12H9BrN2O3S/c13-9-1-4-12(14-6-9)19-11-3-2-10(15(17)18)5-8(11)7-16/h1-6,16H,7H2. The molecule has 0 radical (unpaired) electrons. The first-order valence-corrected chi connectivity index (χ1v) is 6.88. The highest BCUT2D eigenvalue weighted by molar-refractivity contribution is 9.10. The number of hydrogen-bond donors (Lipinski definition) is 1. The third-order valence-electron chi connectivity index (χ3n) is 2.34. The summed E-state index contributed by atoms with van der Waals surface area (Å²) in [7, 11) is 0. The molecule has 0 unspecified atom stereocenters. The highest BCUT2D eigenvalue weighted by Crippen LogP contribution is 2.31. The number of rotatable bonds is 4. The van der Waals surface area contributed by atoms with E-state index < -0.39 is 4.92 Å². The van der Waals surface area contributed by atoms with Crippen molar-refractivity contribution in [1.29, 1.82) is 0 Å². The number of nitro groups is 1. The number of non-ortho nitro benzene ring substituents is 1. The average molecular weight is 341 g/mol. The van der Waals surface area contributed by atoms with Gasteiger partial charge in [-0.2, -0.15) is 0 Å². The molecule has 98 valence electrons. The van der Waals surface area contributed by atoms with Gasteiger partial charge in [-0.1, -0.05) is 11.8 Å². The van der Waals surface area contributed by atoms with Crippen molar-refractivity contribution in [2.45, 2.75) is 16.5 Å². The van der Waals surface area contributed by atoms with Crippen molar-refractivity contribution in [2.75, 3.05) is 0 Å². The summed E-state index contributed by atoms with van der Waals surface area (Å²) in [6, 6.07) is 8.11. The van der Waals surface area contributed by atoms with Gasteiger partial charge in [-0.3, -0.25) is 10.1 Å². The van der Waals surface area contributed by atoms with Gasteiger partial charge < -0.3 is 5.11 Å². The molecule has 0 aliphatic carbocycles. The first kappa shape index (κ1) is 14.0. The van der Waals surface area contributed by atoms with Gasteiger partial charge in [0.25, 0.3) is 5.69 Å². The van der Waals surface area contributed by atoms with Crippen LogP contribution >= 0.6 is 27.7 Å². The minimum atomic E-state index is -0.481. The van der Waals surface area contributed by atoms with Crippen molar-refractivity contribution in [3.63, 3.8) is 0 Å². The molecule has 0 aliphatic rings. The summed E-state index contributed by atoms with van der Waals surface area (Å²) in [5.74, 6) is 0. The lowest BCUT2D eigenvalue weighted by Crippen LogP contribution is -1.93. The number of benzene rings is 1. The molecule has 0 spiro atoms. The van der Waals surface area contributed by atoms with Gasteiger partial charge in [0.2, 0.25) is 0 Å². The normalized spacial score (nSPS) is 10.4. The van der Waals surface area contributed by atoms with Crippen molar-refractivity contribution in [3.05, 3.63) is 56.7 Å². The van der Waals surface area contributed by atoms with Gasteiger partial charge in [-0.05, 0) is 39.7 Å². The summed E-state index contributed by atoms with van der Waals surface area (Å²) in [6.45, 7) is -0.249. The highest BCUT2D eigenvalue weighted by atomic mass is 79.9. The summed E-state index contributed by atoms with van der Waals surface area (Å²) in [5.41, 5.74) is 0.487. The number of pyridine rings is 1. The second-order valence-electron chi connectivity index (χ2n) is 3.62. The Labute approximate surface area is 122 Å². The van der Waals surface area contributed by atoms with Gasteiger partial charge >= 0.3 is 0 Å². The van der Waals surface area contributed by atoms with E-state index in [4.69, 9.17) is 0 Å². The Bertz CT molecular complexity index is 604. The Kier molecular flexibility index (Phi) is 4.52. The van der Waals surface area contributed by atoms with Crippen molar-refractivity contribution < 1.29 is 10.0 Å². The van der Waals surface area contributed by atoms with Crippen LogP contribution in [0.4, 0.5) is 5.69 Å². The molecular formula is C12H9BrN2O3S. The number of aliphatic hydroxyl groups excluding tert-OH is 1. The summed E-state index contributed by atoms with van der Waals surface area (Å²) in [4.78, 5) is 15.2. The molecule has 1 heterocycles. The van der Waals surface area contributed by atoms with Crippen LogP contribution in [-0.4, -0.2) is 15.0 Å². The predicted octanol–water partition coefficient (Wildman–Crippen LogP) is 3.40. The van der Waals surface area contributed by atoms with Crippen LogP contribution in [0.3, 0.4) is 0 Å². The van der Waals surface area contributed by atoms with Crippen LogP contribution in [0.1, 0.15) is 5.56 Å². The lowest BCUT2D eigenvalue weighted by molar-refractivity contribution is -0.385. The molecule has 7 heteroatoms. The van der Waals surface area contributed by atoms with Crippen molar-refractivity contribution in [3.8, 4) is 0 Å². The van der Waals surface area contributed by atoms with Crippen molar-refractivity contribution in [1.82, 2.24) is 4.98 Å². The Morgan fingerprint density at radius 3 is 2.74 bits per heavy atom. The lowest BCUT2D eigenvalue weighted by Gasteiger charge is -2.06. The van der Waals surface area contributed by atoms with E-state index in [1.807, 2.05) is 12.1 Å². The van der Waals surface area contributed by atoms with Gasteiger partial charge in [-0.25, -0.2) is 4.98 Å². The first-order valence-electron chi connectivity index (χ1n) is 5.27. The summed E-state index contributed by atoms with van der Waals surface area (Å²) in [6.07, 6.45) is 1.67. The molecule has 0 fully saturated rings.